The molecule has 2 rings (SSSR count). The van der Waals surface area contributed by atoms with E-state index >= 15 is 0 Å². The Morgan fingerprint density at radius 2 is 1.65 bits per heavy atom. The molecule has 0 radical (unpaired) electrons. The molecule has 0 heterocycles. The average Bonchev–Trinajstić information content (AvgIpc) is 2.46. The van der Waals surface area contributed by atoms with Gasteiger partial charge in [-0.3, -0.25) is 10.1 Å². The Hall–Kier alpha value is -2.42. The van der Waals surface area contributed by atoms with Gasteiger partial charge in [-0.2, -0.15) is 13.2 Å². The summed E-state index contributed by atoms with van der Waals surface area (Å²) in [6, 6.07) is 8.97. The number of benzene rings is 2. The topological polar surface area (TPSA) is 77.3 Å². The lowest BCUT2D eigenvalue weighted by molar-refractivity contribution is -0.385. The molecule has 0 unspecified atom stereocenters. The summed E-state index contributed by atoms with van der Waals surface area (Å²) in [5.41, 5.74) is -2.38. The normalized spacial score (nSPS) is 12.1. The number of nitro benzene ring substituents is 1. The van der Waals surface area contributed by atoms with Crippen molar-refractivity contribution in [3.63, 3.8) is 0 Å². The molecule has 2 aromatic carbocycles. The van der Waals surface area contributed by atoms with Gasteiger partial charge in [0, 0.05) is 11.6 Å². The Kier molecular flexibility index (Phi) is 4.42. The van der Waals surface area contributed by atoms with Crippen molar-refractivity contribution in [2.45, 2.75) is 16.8 Å². The lowest BCUT2D eigenvalue weighted by Gasteiger charge is -2.09. The van der Waals surface area contributed by atoms with Gasteiger partial charge in [0.05, 0.1) is 21.1 Å². The van der Waals surface area contributed by atoms with Gasteiger partial charge in [-0.15, -0.1) is 0 Å². The first-order chi connectivity index (χ1) is 10.6. The van der Waals surface area contributed by atoms with Gasteiger partial charge < -0.3 is 0 Å². The molecule has 9 heteroatoms. The molecule has 5 nitrogen and oxygen atoms in total. The third-order valence-corrected chi connectivity index (χ3v) is 4.74. The van der Waals surface area contributed by atoms with Crippen LogP contribution in [-0.4, -0.2) is 13.3 Å². The molecule has 0 bridgehead atoms. The van der Waals surface area contributed by atoms with E-state index in [1.807, 2.05) is 0 Å². The van der Waals surface area contributed by atoms with Crippen LogP contribution in [0, 0.1) is 10.1 Å². The van der Waals surface area contributed by atoms with Crippen LogP contribution in [0.2, 0.25) is 0 Å². The second-order valence-electron chi connectivity index (χ2n) is 4.67. The van der Waals surface area contributed by atoms with E-state index in [0.717, 1.165) is 6.07 Å². The van der Waals surface area contributed by atoms with Crippen LogP contribution < -0.4 is 0 Å². The highest BCUT2D eigenvalue weighted by molar-refractivity contribution is 7.90. The monoisotopic (exact) mass is 345 g/mol. The lowest BCUT2D eigenvalue weighted by Crippen LogP contribution is -2.10. The molecular formula is C14H10F3NO4S. The zero-order chi connectivity index (χ0) is 17.3. The fraction of sp³-hybridized carbons (Fsp3) is 0.143. The molecule has 0 N–H and O–H groups in total. The minimum Gasteiger partial charge on any atom is -0.258 e. The predicted octanol–water partition coefficient (Wildman–Crippen LogP) is 3.59. The summed E-state index contributed by atoms with van der Waals surface area (Å²) in [6.07, 6.45) is -4.75. The third kappa shape index (κ3) is 3.86. The van der Waals surface area contributed by atoms with E-state index in [4.69, 9.17) is 0 Å². The second-order valence-corrected chi connectivity index (χ2v) is 6.66. The van der Waals surface area contributed by atoms with Crippen molar-refractivity contribution in [2.75, 3.05) is 0 Å². The van der Waals surface area contributed by atoms with E-state index < -0.39 is 37.9 Å². The van der Waals surface area contributed by atoms with Gasteiger partial charge >= 0.3 is 6.18 Å². The van der Waals surface area contributed by atoms with Crippen LogP contribution in [-0.2, 0) is 21.8 Å². The maximum Gasteiger partial charge on any atom is 0.416 e. The Morgan fingerprint density at radius 1 is 1.04 bits per heavy atom. The minimum absolute atomic E-state index is 0.0609. The summed E-state index contributed by atoms with van der Waals surface area (Å²) in [5, 5.41) is 11.0. The van der Waals surface area contributed by atoms with Crippen molar-refractivity contribution in [3.8, 4) is 0 Å². The SMILES string of the molecule is O=[N+]([O-])c1cc(C(F)(F)F)ccc1CS(=O)(=O)c1ccccc1. The molecule has 0 aliphatic carbocycles. The molecule has 0 atom stereocenters. The first kappa shape index (κ1) is 16.9. The largest absolute Gasteiger partial charge is 0.416 e. The van der Waals surface area contributed by atoms with Crippen LogP contribution in [0.1, 0.15) is 11.1 Å². The Bertz CT molecular complexity index is 833. The molecule has 0 aromatic heterocycles. The van der Waals surface area contributed by atoms with E-state index in [2.05, 4.69) is 0 Å². The van der Waals surface area contributed by atoms with Gasteiger partial charge in [0.15, 0.2) is 9.84 Å². The van der Waals surface area contributed by atoms with Crippen molar-refractivity contribution in [3.05, 3.63) is 69.8 Å². The Morgan fingerprint density at radius 3 is 2.17 bits per heavy atom. The molecule has 0 saturated carbocycles. The second kappa shape index (κ2) is 5.99. The molecular weight excluding hydrogens is 335 g/mol. The highest BCUT2D eigenvalue weighted by Gasteiger charge is 2.33. The number of hydrogen-bond donors (Lipinski definition) is 0. The van der Waals surface area contributed by atoms with Crippen LogP contribution in [0.4, 0.5) is 18.9 Å². The van der Waals surface area contributed by atoms with Crippen molar-refractivity contribution >= 4 is 15.5 Å². The van der Waals surface area contributed by atoms with E-state index in [-0.39, 0.29) is 10.5 Å². The molecule has 2 aromatic rings. The number of rotatable bonds is 4. The predicted molar refractivity (Wildman–Crippen MR) is 75.4 cm³/mol. The standard InChI is InChI=1S/C14H10F3NO4S/c15-14(16,17)11-7-6-10(13(8-11)18(19)20)9-23(21,22)12-4-2-1-3-5-12/h1-8H,9H2. The van der Waals surface area contributed by atoms with Crippen molar-refractivity contribution in [1.29, 1.82) is 0 Å². The van der Waals surface area contributed by atoms with Crippen LogP contribution in [0.25, 0.3) is 0 Å². The number of halogens is 3. The molecule has 122 valence electrons. The first-order valence-corrected chi connectivity index (χ1v) is 7.89. The summed E-state index contributed by atoms with van der Waals surface area (Å²) in [6.45, 7) is 0. The summed E-state index contributed by atoms with van der Waals surface area (Å²) in [4.78, 5) is 9.88. The molecule has 0 aliphatic rings. The number of hydrogen-bond acceptors (Lipinski definition) is 4. The molecule has 23 heavy (non-hydrogen) atoms. The molecule has 0 fully saturated rings. The van der Waals surface area contributed by atoms with Crippen LogP contribution in [0.3, 0.4) is 0 Å². The number of sulfone groups is 1. The van der Waals surface area contributed by atoms with Gasteiger partial charge in [0.2, 0.25) is 0 Å². The zero-order valence-electron chi connectivity index (χ0n) is 11.4. The van der Waals surface area contributed by atoms with E-state index in [9.17, 15) is 31.7 Å². The maximum atomic E-state index is 12.6. The highest BCUT2D eigenvalue weighted by Crippen LogP contribution is 2.34. The molecule has 0 spiro atoms. The fourth-order valence-electron chi connectivity index (χ4n) is 1.95. The molecule has 0 aliphatic heterocycles. The quantitative estimate of drug-likeness (QED) is 0.627. The summed E-state index contributed by atoms with van der Waals surface area (Å²) >= 11 is 0. The number of alkyl halides is 3. The lowest BCUT2D eigenvalue weighted by atomic mass is 10.1. The highest BCUT2D eigenvalue weighted by atomic mass is 32.2. The van der Waals surface area contributed by atoms with Gasteiger partial charge in [0.1, 0.15) is 0 Å². The van der Waals surface area contributed by atoms with Gasteiger partial charge in [-0.25, -0.2) is 8.42 Å². The Labute approximate surface area is 129 Å². The van der Waals surface area contributed by atoms with Crippen molar-refractivity contribution in [1.82, 2.24) is 0 Å². The third-order valence-electron chi connectivity index (χ3n) is 3.06. The van der Waals surface area contributed by atoms with Gasteiger partial charge in [-0.1, -0.05) is 24.3 Å². The maximum absolute atomic E-state index is 12.6. The fourth-order valence-corrected chi connectivity index (χ4v) is 3.34. The molecule has 0 saturated heterocycles. The smallest absolute Gasteiger partial charge is 0.258 e. The Balaban J connectivity index is 2.46. The van der Waals surface area contributed by atoms with E-state index in [1.54, 1.807) is 6.07 Å². The average molecular weight is 345 g/mol. The minimum atomic E-state index is -4.75. The zero-order valence-corrected chi connectivity index (χ0v) is 12.3. The first-order valence-electron chi connectivity index (χ1n) is 6.23. The van der Waals surface area contributed by atoms with Crippen LogP contribution in [0.15, 0.2) is 53.4 Å². The van der Waals surface area contributed by atoms with Gasteiger partial charge in [0.25, 0.3) is 5.69 Å². The summed E-state index contributed by atoms with van der Waals surface area (Å²) in [5.74, 6) is -0.758. The van der Waals surface area contributed by atoms with Crippen LogP contribution >= 0.6 is 0 Å². The van der Waals surface area contributed by atoms with Crippen molar-refractivity contribution < 1.29 is 26.5 Å². The number of nitro groups is 1. The summed E-state index contributed by atoms with van der Waals surface area (Å²) < 4.78 is 62.3. The molecule has 0 amide bonds. The summed E-state index contributed by atoms with van der Waals surface area (Å²) in [7, 11) is -3.90. The van der Waals surface area contributed by atoms with Crippen LogP contribution in [0.5, 0.6) is 0 Å². The van der Waals surface area contributed by atoms with Crippen molar-refractivity contribution in [2.24, 2.45) is 0 Å². The van der Waals surface area contributed by atoms with E-state index in [1.165, 1.54) is 24.3 Å². The number of nitrogens with zero attached hydrogens (tertiary/aromatic N) is 1. The van der Waals surface area contributed by atoms with E-state index in [0.29, 0.717) is 12.1 Å². The van der Waals surface area contributed by atoms with Gasteiger partial charge in [-0.05, 0) is 18.2 Å².